The first-order valence-electron chi connectivity index (χ1n) is 8.12. The minimum atomic E-state index is -0.443. The molecule has 11 heteroatoms. The molecule has 154 valence electrons. The van der Waals surface area contributed by atoms with Gasteiger partial charge in [0, 0.05) is 5.02 Å². The summed E-state index contributed by atoms with van der Waals surface area (Å²) >= 11 is 24.0. The second kappa shape index (κ2) is 11.7. The molecular formula is C18H15Br2Cl2N3O3S. The number of nitrogens with zero attached hydrogens (tertiary/aromatic N) is 1. The van der Waals surface area contributed by atoms with Crippen LogP contribution in [0.15, 0.2) is 44.4 Å². The summed E-state index contributed by atoms with van der Waals surface area (Å²) in [6.07, 6.45) is 1.57. The molecule has 6 nitrogen and oxygen atoms in total. The topological polar surface area (TPSA) is 72.0 Å². The molecule has 0 atom stereocenters. The molecule has 0 radical (unpaired) electrons. The number of ether oxygens (including phenoxy) is 2. The van der Waals surface area contributed by atoms with Gasteiger partial charge in [0.25, 0.3) is 0 Å². The van der Waals surface area contributed by atoms with E-state index in [4.69, 9.17) is 44.9 Å². The van der Waals surface area contributed by atoms with Crippen molar-refractivity contribution in [3.8, 4) is 5.75 Å². The van der Waals surface area contributed by atoms with Crippen molar-refractivity contribution in [2.45, 2.75) is 6.92 Å². The fourth-order valence-electron chi connectivity index (χ4n) is 2.03. The van der Waals surface area contributed by atoms with Gasteiger partial charge in [0.15, 0.2) is 11.7 Å². The maximum atomic E-state index is 11.4. The number of carbonyl (C=O) groups is 1. The van der Waals surface area contributed by atoms with E-state index in [-0.39, 0.29) is 11.7 Å². The maximum Gasteiger partial charge on any atom is 0.344 e. The smallest absolute Gasteiger partial charge is 0.344 e. The average Bonchev–Trinajstić information content (AvgIpc) is 2.64. The number of hydrazone groups is 1. The van der Waals surface area contributed by atoms with Gasteiger partial charge in [-0.05, 0) is 86.9 Å². The molecule has 2 N–H and O–H groups in total. The quantitative estimate of drug-likeness (QED) is 0.186. The second-order valence-corrected chi connectivity index (χ2v) is 8.32. The van der Waals surface area contributed by atoms with E-state index in [1.165, 1.54) is 0 Å². The average molecular weight is 584 g/mol. The summed E-state index contributed by atoms with van der Waals surface area (Å²) in [5, 5.41) is 8.26. The molecule has 29 heavy (non-hydrogen) atoms. The van der Waals surface area contributed by atoms with Gasteiger partial charge < -0.3 is 14.8 Å². The predicted octanol–water partition coefficient (Wildman–Crippen LogP) is 5.78. The summed E-state index contributed by atoms with van der Waals surface area (Å²) in [5.41, 5.74) is 4.02. The summed E-state index contributed by atoms with van der Waals surface area (Å²) in [7, 11) is 0. The minimum absolute atomic E-state index is 0.188. The SMILES string of the molecule is CCOC(=O)COc1c(Br)cc(C=NNC(=S)Nc2cc(Cl)ccc2Cl)cc1Br. The van der Waals surface area contributed by atoms with Gasteiger partial charge in [0.05, 0.1) is 32.5 Å². The molecule has 2 aromatic carbocycles. The third kappa shape index (κ3) is 7.75. The van der Waals surface area contributed by atoms with Crippen molar-refractivity contribution in [1.29, 1.82) is 0 Å². The Labute approximate surface area is 200 Å². The van der Waals surface area contributed by atoms with Gasteiger partial charge in [-0.1, -0.05) is 23.2 Å². The van der Waals surface area contributed by atoms with Gasteiger partial charge in [0.1, 0.15) is 5.75 Å². The fourth-order valence-corrected chi connectivity index (χ4v) is 3.99. The molecule has 0 spiro atoms. The molecule has 0 aliphatic heterocycles. The van der Waals surface area contributed by atoms with Crippen LogP contribution in [-0.4, -0.2) is 30.5 Å². The van der Waals surface area contributed by atoms with Crippen LogP contribution >= 0.6 is 67.3 Å². The Kier molecular flexibility index (Phi) is 9.64. The molecule has 0 bridgehead atoms. The number of halogens is 4. The first-order chi connectivity index (χ1) is 13.8. The van der Waals surface area contributed by atoms with Gasteiger partial charge in [-0.15, -0.1) is 0 Å². The van der Waals surface area contributed by atoms with Crippen LogP contribution in [0.5, 0.6) is 5.75 Å². The van der Waals surface area contributed by atoms with Gasteiger partial charge in [0.2, 0.25) is 0 Å². The number of rotatable bonds is 7. The van der Waals surface area contributed by atoms with Gasteiger partial charge >= 0.3 is 5.97 Å². The zero-order valence-corrected chi connectivity index (χ0v) is 20.5. The lowest BCUT2D eigenvalue weighted by molar-refractivity contribution is -0.145. The number of benzene rings is 2. The highest BCUT2D eigenvalue weighted by molar-refractivity contribution is 9.11. The van der Waals surface area contributed by atoms with Crippen LogP contribution in [0.3, 0.4) is 0 Å². The molecule has 2 rings (SSSR count). The minimum Gasteiger partial charge on any atom is -0.480 e. The number of anilines is 1. The molecule has 0 unspecified atom stereocenters. The highest BCUT2D eigenvalue weighted by Gasteiger charge is 2.11. The molecule has 0 saturated carbocycles. The summed E-state index contributed by atoms with van der Waals surface area (Å²) < 4.78 is 11.6. The van der Waals surface area contributed by atoms with E-state index in [1.54, 1.807) is 43.5 Å². The first-order valence-corrected chi connectivity index (χ1v) is 10.9. The maximum absolute atomic E-state index is 11.4. The summed E-state index contributed by atoms with van der Waals surface area (Å²) in [4.78, 5) is 11.4. The number of hydrogen-bond donors (Lipinski definition) is 2. The Bertz CT molecular complexity index is 922. The monoisotopic (exact) mass is 581 g/mol. The van der Waals surface area contributed by atoms with Crippen LogP contribution in [0.25, 0.3) is 0 Å². The van der Waals surface area contributed by atoms with Crippen molar-refractivity contribution >= 4 is 90.3 Å². The Balaban J connectivity index is 1.97. The number of esters is 1. The van der Waals surface area contributed by atoms with Gasteiger partial charge in [-0.3, -0.25) is 5.43 Å². The standard InChI is InChI=1S/C18H15Br2Cl2N3O3S/c1-2-27-16(26)9-28-17-12(19)5-10(6-13(17)20)8-23-25-18(29)24-15-7-11(21)3-4-14(15)22/h3-8H,2,9H2,1H3,(H2,24,25,29). The van der Waals surface area contributed by atoms with Crippen LogP contribution < -0.4 is 15.5 Å². The van der Waals surface area contributed by atoms with Crippen molar-refractivity contribution in [1.82, 2.24) is 5.43 Å². The molecule has 0 saturated heterocycles. The zero-order chi connectivity index (χ0) is 21.4. The van der Waals surface area contributed by atoms with Crippen LogP contribution in [0, 0.1) is 0 Å². The zero-order valence-electron chi connectivity index (χ0n) is 15.0. The van der Waals surface area contributed by atoms with E-state index < -0.39 is 5.97 Å². The van der Waals surface area contributed by atoms with Crippen LogP contribution in [-0.2, 0) is 9.53 Å². The highest BCUT2D eigenvalue weighted by atomic mass is 79.9. The third-order valence-corrected chi connectivity index (χ3v) is 5.15. The van der Waals surface area contributed by atoms with Crippen molar-refractivity contribution in [3.05, 3.63) is 54.9 Å². The Morgan fingerprint density at radius 1 is 1.24 bits per heavy atom. The lowest BCUT2D eigenvalue weighted by atomic mass is 10.2. The highest BCUT2D eigenvalue weighted by Crippen LogP contribution is 2.34. The van der Waals surface area contributed by atoms with E-state index in [9.17, 15) is 4.79 Å². The fraction of sp³-hybridized carbons (Fsp3) is 0.167. The number of hydrogen-bond acceptors (Lipinski definition) is 5. The molecule has 0 amide bonds. The lowest BCUT2D eigenvalue weighted by Crippen LogP contribution is -2.24. The predicted molar refractivity (Wildman–Crippen MR) is 127 cm³/mol. The van der Waals surface area contributed by atoms with Crippen LogP contribution in [0.1, 0.15) is 12.5 Å². The Hall–Kier alpha value is -1.39. The first kappa shape index (κ1) is 23.9. The van der Waals surface area contributed by atoms with Crippen molar-refractivity contribution in [2.75, 3.05) is 18.5 Å². The van der Waals surface area contributed by atoms with E-state index in [0.29, 0.717) is 37.0 Å². The molecule has 0 heterocycles. The molecule has 0 aliphatic carbocycles. The molecule has 2 aromatic rings. The number of thiocarbonyl (C=S) groups is 1. The lowest BCUT2D eigenvalue weighted by Gasteiger charge is -2.11. The van der Waals surface area contributed by atoms with Gasteiger partial charge in [-0.2, -0.15) is 5.10 Å². The number of carbonyl (C=O) groups excluding carboxylic acids is 1. The van der Waals surface area contributed by atoms with E-state index >= 15 is 0 Å². The molecular weight excluding hydrogens is 569 g/mol. The summed E-state index contributed by atoms with van der Waals surface area (Å²) in [5.74, 6) is 0.0397. The van der Waals surface area contributed by atoms with E-state index in [2.05, 4.69) is 47.7 Å². The second-order valence-electron chi connectivity index (χ2n) is 5.36. The molecule has 0 aromatic heterocycles. The normalized spacial score (nSPS) is 10.7. The number of nitrogens with one attached hydrogen (secondary N) is 2. The summed E-state index contributed by atoms with van der Waals surface area (Å²) in [6.45, 7) is 1.84. The molecule has 0 aliphatic rings. The van der Waals surface area contributed by atoms with Gasteiger partial charge in [-0.25, -0.2) is 4.79 Å². The van der Waals surface area contributed by atoms with Crippen molar-refractivity contribution in [3.63, 3.8) is 0 Å². The Morgan fingerprint density at radius 2 is 1.93 bits per heavy atom. The Morgan fingerprint density at radius 3 is 2.59 bits per heavy atom. The van der Waals surface area contributed by atoms with Crippen LogP contribution in [0.2, 0.25) is 10.0 Å². The third-order valence-electron chi connectivity index (χ3n) is 3.22. The van der Waals surface area contributed by atoms with E-state index in [1.807, 2.05) is 0 Å². The van der Waals surface area contributed by atoms with Crippen molar-refractivity contribution < 1.29 is 14.3 Å². The summed E-state index contributed by atoms with van der Waals surface area (Å²) in [6, 6.07) is 8.56. The van der Waals surface area contributed by atoms with Crippen LogP contribution in [0.4, 0.5) is 5.69 Å². The largest absolute Gasteiger partial charge is 0.480 e. The van der Waals surface area contributed by atoms with E-state index in [0.717, 1.165) is 5.56 Å². The molecule has 0 fully saturated rings. The van der Waals surface area contributed by atoms with Crippen molar-refractivity contribution in [2.24, 2.45) is 5.10 Å².